The molecule has 1 saturated heterocycles. The van der Waals surface area contributed by atoms with Crippen molar-refractivity contribution in [2.24, 2.45) is 5.41 Å². The zero-order chi connectivity index (χ0) is 11.8. The maximum absolute atomic E-state index is 12.0. The zero-order valence-corrected chi connectivity index (χ0v) is 10.5. The number of piperidine rings is 1. The van der Waals surface area contributed by atoms with Crippen molar-refractivity contribution in [1.82, 2.24) is 10.2 Å². The van der Waals surface area contributed by atoms with Gasteiger partial charge in [0.25, 0.3) is 0 Å². The predicted octanol–water partition coefficient (Wildman–Crippen LogP) is 1.90. The van der Waals surface area contributed by atoms with Crippen molar-refractivity contribution in [2.75, 3.05) is 13.1 Å². The normalized spacial score (nSPS) is 25.1. The van der Waals surface area contributed by atoms with Gasteiger partial charge in [-0.05, 0) is 19.3 Å². The Labute approximate surface area is 97.9 Å². The molecule has 90 valence electrons. The molecule has 0 bridgehead atoms. The summed E-state index contributed by atoms with van der Waals surface area (Å²) in [5.41, 5.74) is 1.06. The number of nitrogens with zero attached hydrogens (tertiary/aromatic N) is 1. The Morgan fingerprint density at radius 1 is 1.44 bits per heavy atom. The van der Waals surface area contributed by atoms with Gasteiger partial charge in [-0.1, -0.05) is 26.8 Å². The second kappa shape index (κ2) is 4.11. The van der Waals surface area contributed by atoms with Crippen LogP contribution in [0.3, 0.4) is 0 Å². The lowest BCUT2D eigenvalue weighted by Gasteiger charge is -2.35. The average Bonchev–Trinajstić information content (AvgIpc) is 2.65. The van der Waals surface area contributed by atoms with Gasteiger partial charge in [-0.15, -0.1) is 0 Å². The summed E-state index contributed by atoms with van der Waals surface area (Å²) in [6.07, 6.45) is 5.70. The molecule has 2 aliphatic heterocycles. The number of carbonyl (C=O) groups is 1. The lowest BCUT2D eigenvalue weighted by Crippen LogP contribution is -2.47. The van der Waals surface area contributed by atoms with Crippen LogP contribution in [0, 0.1) is 5.41 Å². The van der Waals surface area contributed by atoms with Crippen molar-refractivity contribution >= 4 is 5.91 Å². The number of rotatable bonds is 1. The van der Waals surface area contributed by atoms with E-state index < -0.39 is 0 Å². The van der Waals surface area contributed by atoms with Gasteiger partial charge in [0, 0.05) is 24.2 Å². The van der Waals surface area contributed by atoms with Crippen LogP contribution in [0.15, 0.2) is 11.8 Å². The summed E-state index contributed by atoms with van der Waals surface area (Å²) in [6, 6.07) is 0.253. The number of nitrogens with one attached hydrogen (secondary N) is 1. The van der Waals surface area contributed by atoms with Gasteiger partial charge in [-0.25, -0.2) is 0 Å². The van der Waals surface area contributed by atoms with Crippen molar-refractivity contribution in [1.29, 1.82) is 0 Å². The molecule has 1 N–H and O–H groups in total. The molecule has 16 heavy (non-hydrogen) atoms. The summed E-state index contributed by atoms with van der Waals surface area (Å²) < 4.78 is 0. The molecule has 2 aliphatic rings. The molecule has 1 unspecified atom stereocenters. The molecule has 0 aromatic carbocycles. The fraction of sp³-hybridized carbons (Fsp3) is 0.769. The van der Waals surface area contributed by atoms with Crippen molar-refractivity contribution in [2.45, 2.75) is 46.1 Å². The van der Waals surface area contributed by atoms with Crippen molar-refractivity contribution in [3.05, 3.63) is 11.8 Å². The van der Waals surface area contributed by atoms with Crippen LogP contribution in [0.2, 0.25) is 0 Å². The van der Waals surface area contributed by atoms with Crippen LogP contribution >= 0.6 is 0 Å². The third-order valence-electron chi connectivity index (χ3n) is 3.38. The summed E-state index contributed by atoms with van der Waals surface area (Å²) in [5.74, 6) is 0.159. The van der Waals surface area contributed by atoms with E-state index in [2.05, 4.69) is 16.3 Å². The van der Waals surface area contributed by atoms with Crippen LogP contribution in [0.4, 0.5) is 0 Å². The first kappa shape index (κ1) is 11.5. The predicted molar refractivity (Wildman–Crippen MR) is 64.9 cm³/mol. The Hall–Kier alpha value is -0.990. The van der Waals surface area contributed by atoms with Gasteiger partial charge in [-0.3, -0.25) is 4.79 Å². The van der Waals surface area contributed by atoms with Crippen LogP contribution in [-0.4, -0.2) is 29.9 Å². The Bertz CT molecular complexity index is 314. The number of amides is 1. The van der Waals surface area contributed by atoms with Gasteiger partial charge in [0.15, 0.2) is 0 Å². The van der Waals surface area contributed by atoms with E-state index in [0.717, 1.165) is 25.9 Å². The minimum absolute atomic E-state index is 0.159. The molecule has 3 nitrogen and oxygen atoms in total. The van der Waals surface area contributed by atoms with Gasteiger partial charge in [0.05, 0.1) is 6.04 Å². The average molecular weight is 222 g/mol. The highest BCUT2D eigenvalue weighted by Gasteiger charge is 2.31. The van der Waals surface area contributed by atoms with Gasteiger partial charge < -0.3 is 10.2 Å². The van der Waals surface area contributed by atoms with Crippen LogP contribution in [-0.2, 0) is 4.79 Å². The second-order valence-electron chi connectivity index (χ2n) is 5.82. The van der Waals surface area contributed by atoms with Gasteiger partial charge in [0.1, 0.15) is 0 Å². The number of carbonyl (C=O) groups excluding carboxylic acids is 1. The van der Waals surface area contributed by atoms with E-state index in [1.165, 1.54) is 12.1 Å². The lowest BCUT2D eigenvalue weighted by atomic mass is 9.93. The van der Waals surface area contributed by atoms with E-state index >= 15 is 0 Å². The topological polar surface area (TPSA) is 32.3 Å². The SMILES string of the molecule is CC(C)(C)C(=O)NC1CCCN2CCC=C12. The monoisotopic (exact) mass is 222 g/mol. The highest BCUT2D eigenvalue weighted by Crippen LogP contribution is 2.27. The Morgan fingerprint density at radius 2 is 2.19 bits per heavy atom. The fourth-order valence-electron chi connectivity index (χ4n) is 2.39. The van der Waals surface area contributed by atoms with Crippen LogP contribution < -0.4 is 5.32 Å². The molecule has 0 aliphatic carbocycles. The minimum Gasteiger partial charge on any atom is -0.373 e. The first-order valence-corrected chi connectivity index (χ1v) is 6.24. The minimum atomic E-state index is -0.290. The molecule has 0 aromatic rings. The molecule has 0 aromatic heterocycles. The summed E-state index contributed by atoms with van der Waals surface area (Å²) in [7, 11) is 0. The Balaban J connectivity index is 2.02. The maximum Gasteiger partial charge on any atom is 0.225 e. The van der Waals surface area contributed by atoms with E-state index in [1.807, 2.05) is 20.8 Å². The molecule has 2 heterocycles. The standard InChI is InChI=1S/C13H22N2O/c1-13(2,3)12(16)14-10-6-4-8-15-9-5-7-11(10)15/h7,10H,4-6,8-9H2,1-3H3,(H,14,16). The van der Waals surface area contributed by atoms with E-state index in [0.29, 0.717) is 0 Å². The Morgan fingerprint density at radius 3 is 2.88 bits per heavy atom. The molecule has 0 saturated carbocycles. The van der Waals surface area contributed by atoms with Crippen molar-refractivity contribution in [3.8, 4) is 0 Å². The highest BCUT2D eigenvalue weighted by molar-refractivity contribution is 5.82. The first-order valence-electron chi connectivity index (χ1n) is 6.24. The van der Waals surface area contributed by atoms with Gasteiger partial charge in [0.2, 0.25) is 5.91 Å². The summed E-state index contributed by atoms with van der Waals surface area (Å²) >= 11 is 0. The fourth-order valence-corrected chi connectivity index (χ4v) is 2.39. The van der Waals surface area contributed by atoms with Gasteiger partial charge in [-0.2, -0.15) is 0 Å². The molecule has 0 radical (unpaired) electrons. The number of hydrogen-bond donors (Lipinski definition) is 1. The lowest BCUT2D eigenvalue weighted by molar-refractivity contribution is -0.129. The molecular weight excluding hydrogens is 200 g/mol. The summed E-state index contributed by atoms with van der Waals surface area (Å²) in [4.78, 5) is 14.4. The quantitative estimate of drug-likeness (QED) is 0.735. The highest BCUT2D eigenvalue weighted by atomic mass is 16.2. The summed E-state index contributed by atoms with van der Waals surface area (Å²) in [6.45, 7) is 8.19. The maximum atomic E-state index is 12.0. The van der Waals surface area contributed by atoms with Crippen molar-refractivity contribution < 1.29 is 4.79 Å². The third kappa shape index (κ3) is 2.23. The smallest absolute Gasteiger partial charge is 0.225 e. The molecule has 1 fully saturated rings. The molecule has 2 rings (SSSR count). The second-order valence-corrected chi connectivity index (χ2v) is 5.82. The molecule has 1 atom stereocenters. The van der Waals surface area contributed by atoms with E-state index in [4.69, 9.17) is 0 Å². The third-order valence-corrected chi connectivity index (χ3v) is 3.38. The van der Waals surface area contributed by atoms with Gasteiger partial charge >= 0.3 is 0 Å². The van der Waals surface area contributed by atoms with E-state index in [9.17, 15) is 4.79 Å². The van der Waals surface area contributed by atoms with Crippen molar-refractivity contribution in [3.63, 3.8) is 0 Å². The van der Waals surface area contributed by atoms with E-state index in [1.54, 1.807) is 0 Å². The summed E-state index contributed by atoms with van der Waals surface area (Å²) in [5, 5.41) is 3.18. The zero-order valence-electron chi connectivity index (χ0n) is 10.5. The molecule has 1 amide bonds. The molecule has 3 heteroatoms. The number of fused-ring (bicyclic) bond motifs is 1. The van der Waals surface area contributed by atoms with Crippen LogP contribution in [0.25, 0.3) is 0 Å². The molecular formula is C13H22N2O. The van der Waals surface area contributed by atoms with Crippen LogP contribution in [0.5, 0.6) is 0 Å². The largest absolute Gasteiger partial charge is 0.373 e. The van der Waals surface area contributed by atoms with Crippen LogP contribution in [0.1, 0.15) is 40.0 Å². The van der Waals surface area contributed by atoms with E-state index in [-0.39, 0.29) is 17.4 Å². The molecule has 0 spiro atoms. The first-order chi connectivity index (χ1) is 7.48. The Kier molecular flexibility index (Phi) is 2.96. The number of hydrogen-bond acceptors (Lipinski definition) is 2.